The molecule has 1 atom stereocenters. The molecule has 0 amide bonds. The molecule has 0 spiro atoms. The second-order valence-electron chi connectivity index (χ2n) is 3.60. The molecule has 0 fully saturated rings. The number of para-hydroxylation sites is 1. The Labute approximate surface area is 104 Å². The smallest absolute Gasteiger partial charge is 0.400 e. The molecule has 4 N–H and O–H groups in total. The third-order valence-electron chi connectivity index (χ3n) is 2.31. The van der Waals surface area contributed by atoms with Crippen molar-refractivity contribution in [2.45, 2.75) is 6.18 Å². The van der Waals surface area contributed by atoms with Crippen LogP contribution in [0.2, 0.25) is 0 Å². The van der Waals surface area contributed by atoms with Gasteiger partial charge in [0.25, 0.3) is 0 Å². The van der Waals surface area contributed by atoms with E-state index in [1.54, 1.807) is 0 Å². The van der Waals surface area contributed by atoms with Gasteiger partial charge in [-0.2, -0.15) is 13.2 Å². The lowest BCUT2D eigenvalue weighted by molar-refractivity contribution is -0.152. The summed E-state index contributed by atoms with van der Waals surface area (Å²) in [5, 5.41) is 12.5. The number of nitrogens with zero attached hydrogens (tertiary/aromatic N) is 1. The van der Waals surface area contributed by atoms with Crippen LogP contribution in [-0.4, -0.2) is 23.8 Å². The van der Waals surface area contributed by atoms with Crippen LogP contribution in [0.15, 0.2) is 23.4 Å². The Hall–Kier alpha value is -2.06. The molecular formula is C10H10F5N3O. The molecule has 106 valence electrons. The van der Waals surface area contributed by atoms with E-state index in [9.17, 15) is 22.0 Å². The van der Waals surface area contributed by atoms with Crippen LogP contribution in [0.5, 0.6) is 0 Å². The zero-order valence-corrected chi connectivity index (χ0v) is 9.38. The van der Waals surface area contributed by atoms with Gasteiger partial charge in [0, 0.05) is 6.54 Å². The van der Waals surface area contributed by atoms with Gasteiger partial charge in [-0.1, -0.05) is 11.2 Å². The van der Waals surface area contributed by atoms with Crippen molar-refractivity contribution in [3.05, 3.63) is 29.8 Å². The summed E-state index contributed by atoms with van der Waals surface area (Å²) in [7, 11) is 0. The molecule has 0 heterocycles. The number of alkyl halides is 3. The molecular weight excluding hydrogens is 273 g/mol. The SMILES string of the molecule is N/C(=N/O)C(CNc1c(F)cccc1F)C(F)(F)F. The molecule has 9 heteroatoms. The maximum atomic E-state index is 13.2. The van der Waals surface area contributed by atoms with E-state index in [4.69, 9.17) is 10.9 Å². The van der Waals surface area contributed by atoms with E-state index >= 15 is 0 Å². The third kappa shape index (κ3) is 3.70. The van der Waals surface area contributed by atoms with Gasteiger partial charge in [-0.15, -0.1) is 0 Å². The van der Waals surface area contributed by atoms with Crippen molar-refractivity contribution in [3.8, 4) is 0 Å². The summed E-state index contributed by atoms with van der Waals surface area (Å²) >= 11 is 0. The maximum Gasteiger partial charge on any atom is 0.400 e. The Morgan fingerprint density at radius 3 is 2.26 bits per heavy atom. The zero-order valence-electron chi connectivity index (χ0n) is 9.38. The maximum absolute atomic E-state index is 13.2. The number of amidine groups is 1. The Morgan fingerprint density at radius 2 is 1.84 bits per heavy atom. The first-order valence-corrected chi connectivity index (χ1v) is 4.99. The van der Waals surface area contributed by atoms with Gasteiger partial charge in [-0.05, 0) is 12.1 Å². The number of hydrogen-bond donors (Lipinski definition) is 3. The molecule has 1 rings (SSSR count). The molecule has 1 unspecified atom stereocenters. The molecule has 4 nitrogen and oxygen atoms in total. The predicted molar refractivity (Wildman–Crippen MR) is 57.8 cm³/mol. The van der Waals surface area contributed by atoms with Crippen molar-refractivity contribution >= 4 is 11.5 Å². The quantitative estimate of drug-likeness (QED) is 0.261. The lowest BCUT2D eigenvalue weighted by Gasteiger charge is -2.20. The number of rotatable bonds is 4. The molecule has 1 aromatic carbocycles. The summed E-state index contributed by atoms with van der Waals surface area (Å²) in [4.78, 5) is 0. The molecule has 0 aliphatic heterocycles. The monoisotopic (exact) mass is 283 g/mol. The Kier molecular flexibility index (Phi) is 4.52. The van der Waals surface area contributed by atoms with Gasteiger partial charge in [0.1, 0.15) is 23.2 Å². The van der Waals surface area contributed by atoms with Gasteiger partial charge in [-0.25, -0.2) is 8.78 Å². The lowest BCUT2D eigenvalue weighted by atomic mass is 10.1. The summed E-state index contributed by atoms with van der Waals surface area (Å²) in [6, 6.07) is 2.84. The fourth-order valence-corrected chi connectivity index (χ4v) is 1.33. The Morgan fingerprint density at radius 1 is 1.32 bits per heavy atom. The van der Waals surface area contributed by atoms with Crippen LogP contribution in [0.1, 0.15) is 0 Å². The average molecular weight is 283 g/mol. The second kappa shape index (κ2) is 5.72. The van der Waals surface area contributed by atoms with E-state index in [0.29, 0.717) is 0 Å². The van der Waals surface area contributed by atoms with Crippen molar-refractivity contribution in [1.29, 1.82) is 0 Å². The van der Waals surface area contributed by atoms with Gasteiger partial charge in [0.15, 0.2) is 5.84 Å². The van der Waals surface area contributed by atoms with Crippen molar-refractivity contribution in [2.24, 2.45) is 16.8 Å². The topological polar surface area (TPSA) is 70.6 Å². The van der Waals surface area contributed by atoms with Crippen LogP contribution in [0.4, 0.5) is 27.6 Å². The van der Waals surface area contributed by atoms with E-state index < -0.39 is 41.8 Å². The first kappa shape index (κ1) is 15.0. The minimum Gasteiger partial charge on any atom is -0.409 e. The largest absolute Gasteiger partial charge is 0.409 e. The molecule has 0 aromatic heterocycles. The number of halogens is 5. The average Bonchev–Trinajstić information content (AvgIpc) is 2.30. The van der Waals surface area contributed by atoms with E-state index in [1.807, 2.05) is 5.32 Å². The first-order chi connectivity index (χ1) is 8.77. The number of hydrogen-bond acceptors (Lipinski definition) is 3. The van der Waals surface area contributed by atoms with Crippen LogP contribution in [0, 0.1) is 17.6 Å². The van der Waals surface area contributed by atoms with Gasteiger partial charge < -0.3 is 16.3 Å². The molecule has 0 aliphatic carbocycles. The normalized spacial score (nSPS) is 14.3. The molecule has 0 saturated heterocycles. The Bertz CT molecular complexity index is 454. The highest BCUT2D eigenvalue weighted by Gasteiger charge is 2.42. The Balaban J connectivity index is 2.89. The fourth-order valence-electron chi connectivity index (χ4n) is 1.33. The highest BCUT2D eigenvalue weighted by molar-refractivity contribution is 5.83. The fraction of sp³-hybridized carbons (Fsp3) is 0.300. The van der Waals surface area contributed by atoms with Crippen molar-refractivity contribution in [3.63, 3.8) is 0 Å². The van der Waals surface area contributed by atoms with E-state index in [-0.39, 0.29) is 0 Å². The number of nitrogens with one attached hydrogen (secondary N) is 1. The summed E-state index contributed by atoms with van der Waals surface area (Å²) in [6.07, 6.45) is -4.81. The number of nitrogens with two attached hydrogens (primary N) is 1. The van der Waals surface area contributed by atoms with Gasteiger partial charge in [0.2, 0.25) is 0 Å². The lowest BCUT2D eigenvalue weighted by Crippen LogP contribution is -2.40. The number of benzene rings is 1. The van der Waals surface area contributed by atoms with Gasteiger partial charge in [-0.3, -0.25) is 0 Å². The molecule has 19 heavy (non-hydrogen) atoms. The standard InChI is InChI=1S/C10H10F5N3O/c11-6-2-1-3-7(12)8(6)17-4-5(9(16)18-19)10(13,14)15/h1-3,5,17,19H,4H2,(H2,16,18). The second-order valence-corrected chi connectivity index (χ2v) is 3.60. The van der Waals surface area contributed by atoms with Crippen LogP contribution in [-0.2, 0) is 0 Å². The van der Waals surface area contributed by atoms with Gasteiger partial charge in [0.05, 0.1) is 0 Å². The van der Waals surface area contributed by atoms with E-state index in [0.717, 1.165) is 18.2 Å². The number of oxime groups is 1. The van der Waals surface area contributed by atoms with E-state index in [1.165, 1.54) is 0 Å². The molecule has 0 aliphatic rings. The van der Waals surface area contributed by atoms with Crippen LogP contribution < -0.4 is 11.1 Å². The first-order valence-electron chi connectivity index (χ1n) is 4.99. The van der Waals surface area contributed by atoms with Gasteiger partial charge >= 0.3 is 6.18 Å². The molecule has 0 bridgehead atoms. The van der Waals surface area contributed by atoms with E-state index in [2.05, 4.69) is 5.16 Å². The highest BCUT2D eigenvalue weighted by Crippen LogP contribution is 2.27. The summed E-state index contributed by atoms with van der Waals surface area (Å²) < 4.78 is 64.1. The summed E-state index contributed by atoms with van der Waals surface area (Å²) in [5.41, 5.74) is 4.19. The van der Waals surface area contributed by atoms with Crippen LogP contribution in [0.25, 0.3) is 0 Å². The minimum absolute atomic E-state index is 0.706. The van der Waals surface area contributed by atoms with Crippen molar-refractivity contribution in [2.75, 3.05) is 11.9 Å². The predicted octanol–water partition coefficient (Wildman–Crippen LogP) is 2.30. The van der Waals surface area contributed by atoms with Crippen LogP contribution in [0.3, 0.4) is 0 Å². The molecule has 1 aromatic rings. The summed E-state index contributed by atoms with van der Waals surface area (Å²) in [5.74, 6) is -5.55. The third-order valence-corrected chi connectivity index (χ3v) is 2.31. The molecule has 0 saturated carbocycles. The van der Waals surface area contributed by atoms with Crippen molar-refractivity contribution in [1.82, 2.24) is 0 Å². The summed E-state index contributed by atoms with van der Waals surface area (Å²) in [6.45, 7) is -0.961. The molecule has 0 radical (unpaired) electrons. The van der Waals surface area contributed by atoms with Crippen molar-refractivity contribution < 1.29 is 27.2 Å². The zero-order chi connectivity index (χ0) is 14.6. The minimum atomic E-state index is -4.81. The highest BCUT2D eigenvalue weighted by atomic mass is 19.4. The number of anilines is 1. The van der Waals surface area contributed by atoms with Crippen LogP contribution >= 0.6 is 0 Å².